The molecular formula is C39H62N2O6. The molecule has 47 heavy (non-hydrogen) atoms. The van der Waals surface area contributed by atoms with E-state index < -0.39 is 11.2 Å². The van der Waals surface area contributed by atoms with Crippen LogP contribution in [0.4, 0.5) is 0 Å². The van der Waals surface area contributed by atoms with Crippen molar-refractivity contribution in [2.45, 2.75) is 160 Å². The van der Waals surface area contributed by atoms with Gasteiger partial charge < -0.3 is 30.4 Å². The fourth-order valence-corrected chi connectivity index (χ4v) is 12.5. The molecular weight excluding hydrogens is 592 g/mol. The molecule has 7 aliphatic rings. The summed E-state index contributed by atoms with van der Waals surface area (Å²) >= 11 is 0. The lowest BCUT2D eigenvalue weighted by Crippen LogP contribution is -2.68. The number of aliphatic hydroxyl groups excluding tert-OH is 1. The van der Waals surface area contributed by atoms with Gasteiger partial charge in [0.15, 0.2) is 0 Å². The predicted molar refractivity (Wildman–Crippen MR) is 180 cm³/mol. The first-order valence-corrected chi connectivity index (χ1v) is 19.5. The van der Waals surface area contributed by atoms with E-state index in [0.29, 0.717) is 41.6 Å². The minimum Gasteiger partial charge on any atom is -0.462 e. The number of nitrogens with one attached hydrogen (secondary N) is 1. The number of nitrogens with two attached hydrogens (primary N) is 1. The number of piperidine rings is 1. The first kappa shape index (κ1) is 34.0. The molecule has 0 radical (unpaired) electrons. The molecule has 9 unspecified atom stereocenters. The molecule has 3 saturated heterocycles. The van der Waals surface area contributed by atoms with Gasteiger partial charge in [0.05, 0.1) is 18.2 Å². The smallest absolute Gasteiger partial charge is 0.334 e. The Bertz CT molecular complexity index is 1190. The fraction of sp³-hybridized carbons (Fsp3) is 0.897. The number of ether oxygens (including phenoxy) is 3. The van der Waals surface area contributed by atoms with Crippen LogP contribution in [0.2, 0.25) is 0 Å². The Morgan fingerprint density at radius 2 is 1.77 bits per heavy atom. The molecule has 3 aliphatic heterocycles. The summed E-state index contributed by atoms with van der Waals surface area (Å²) in [6.07, 6.45) is 19.2. The molecule has 4 saturated carbocycles. The Balaban J connectivity index is 1.22. The molecule has 1 spiro atoms. The molecule has 0 aromatic rings. The van der Waals surface area contributed by atoms with Gasteiger partial charge in [-0.1, -0.05) is 44.6 Å². The number of esters is 2. The molecule has 4 N–H and O–H groups in total. The van der Waals surface area contributed by atoms with Crippen LogP contribution in [0.3, 0.4) is 0 Å². The highest BCUT2D eigenvalue weighted by Crippen LogP contribution is 2.65. The molecule has 7 fully saturated rings. The molecule has 0 bridgehead atoms. The van der Waals surface area contributed by atoms with Crippen LogP contribution in [0.1, 0.15) is 130 Å². The summed E-state index contributed by atoms with van der Waals surface area (Å²) in [7, 11) is 0. The largest absolute Gasteiger partial charge is 0.462 e. The van der Waals surface area contributed by atoms with Crippen molar-refractivity contribution in [3.8, 4) is 0 Å². The average Bonchev–Trinajstić information content (AvgIpc) is 3.44. The zero-order valence-corrected chi connectivity index (χ0v) is 29.4. The van der Waals surface area contributed by atoms with Gasteiger partial charge in [0.1, 0.15) is 17.3 Å². The standard InChI is InChI=1S/C39H62N2O6/c1-4-24(2)35(43)47-37(3)21-25-10-6-7-11-29(25)34(26-12-13-33(40)41-23-26)39(37)22-28-18-27-19-30(36(44)45-31(27)20-32(28)46-39)38(16-17-42)14-8-5-9-15-38/h4,25-34,41-42H,5-23,40H2,1-3H3/t25?,26?,27?,28?,29?,30?,31?,32?,33?,34-,37-,39+/m1/s1. The number of rotatable bonds is 6. The number of fused-ring (bicyclic) bond motifs is 3. The van der Waals surface area contributed by atoms with Crippen LogP contribution in [-0.2, 0) is 23.8 Å². The minimum absolute atomic E-state index is 0.0102. The van der Waals surface area contributed by atoms with Crippen LogP contribution in [0.15, 0.2) is 11.6 Å². The summed E-state index contributed by atoms with van der Waals surface area (Å²) in [6.45, 7) is 6.98. The molecule has 8 nitrogen and oxygen atoms in total. The van der Waals surface area contributed by atoms with E-state index in [9.17, 15) is 14.7 Å². The van der Waals surface area contributed by atoms with Crippen molar-refractivity contribution in [3.63, 3.8) is 0 Å². The van der Waals surface area contributed by atoms with Gasteiger partial charge in [-0.05, 0) is 132 Å². The molecule has 8 heteroatoms. The molecule has 7 rings (SSSR count). The van der Waals surface area contributed by atoms with Crippen molar-refractivity contribution >= 4 is 11.9 Å². The molecule has 0 aromatic carbocycles. The van der Waals surface area contributed by atoms with E-state index in [1.807, 2.05) is 19.9 Å². The maximum atomic E-state index is 13.8. The molecule has 0 amide bonds. The Morgan fingerprint density at radius 3 is 2.49 bits per heavy atom. The third-order valence-electron chi connectivity index (χ3n) is 14.9. The lowest BCUT2D eigenvalue weighted by molar-refractivity contribution is -0.266. The normalized spacial score (nSPS) is 46.6. The Hall–Kier alpha value is -1.48. The van der Waals surface area contributed by atoms with Crippen molar-refractivity contribution < 1.29 is 28.9 Å². The van der Waals surface area contributed by atoms with E-state index in [2.05, 4.69) is 12.2 Å². The van der Waals surface area contributed by atoms with Crippen molar-refractivity contribution in [3.05, 3.63) is 11.6 Å². The van der Waals surface area contributed by atoms with Crippen LogP contribution >= 0.6 is 0 Å². The highest BCUT2D eigenvalue weighted by atomic mass is 16.6. The van der Waals surface area contributed by atoms with Crippen molar-refractivity contribution in [1.82, 2.24) is 5.32 Å². The monoisotopic (exact) mass is 654 g/mol. The second kappa shape index (κ2) is 13.3. The van der Waals surface area contributed by atoms with Gasteiger partial charge in [-0.2, -0.15) is 0 Å². The van der Waals surface area contributed by atoms with E-state index in [4.69, 9.17) is 19.9 Å². The highest BCUT2D eigenvalue weighted by Gasteiger charge is 2.70. The number of carbonyl (C=O) groups is 2. The highest BCUT2D eigenvalue weighted by molar-refractivity contribution is 5.88. The van der Waals surface area contributed by atoms with Crippen molar-refractivity contribution in [2.24, 2.45) is 52.6 Å². The third-order valence-corrected chi connectivity index (χ3v) is 14.9. The van der Waals surface area contributed by atoms with Gasteiger partial charge in [0.2, 0.25) is 0 Å². The third kappa shape index (κ3) is 5.93. The molecule has 4 aliphatic carbocycles. The fourth-order valence-electron chi connectivity index (χ4n) is 12.5. The summed E-state index contributed by atoms with van der Waals surface area (Å²) in [5.41, 5.74) is 5.55. The Morgan fingerprint density at radius 1 is 0.979 bits per heavy atom. The van der Waals surface area contributed by atoms with E-state index in [0.717, 1.165) is 77.2 Å². The zero-order chi connectivity index (χ0) is 33.0. The number of allylic oxidation sites excluding steroid dienone is 1. The lowest BCUT2D eigenvalue weighted by Gasteiger charge is -2.61. The van der Waals surface area contributed by atoms with Crippen molar-refractivity contribution in [1.29, 1.82) is 0 Å². The molecule has 3 heterocycles. The molecule has 0 aromatic heterocycles. The van der Waals surface area contributed by atoms with E-state index in [-0.39, 0.29) is 54.2 Å². The Kier molecular flexibility index (Phi) is 9.64. The molecule has 264 valence electrons. The van der Waals surface area contributed by atoms with E-state index in [1.165, 1.54) is 32.1 Å². The summed E-state index contributed by atoms with van der Waals surface area (Å²) < 4.78 is 20.7. The number of hydrogen-bond acceptors (Lipinski definition) is 8. The number of aliphatic hydroxyl groups is 1. The first-order valence-electron chi connectivity index (χ1n) is 19.5. The van der Waals surface area contributed by atoms with Crippen LogP contribution in [0.25, 0.3) is 0 Å². The topological polar surface area (TPSA) is 120 Å². The van der Waals surface area contributed by atoms with Gasteiger partial charge in [0, 0.05) is 18.6 Å². The lowest BCUT2D eigenvalue weighted by atomic mass is 9.49. The summed E-state index contributed by atoms with van der Waals surface area (Å²) in [6, 6.07) is 0. The van der Waals surface area contributed by atoms with Crippen LogP contribution in [-0.4, -0.2) is 59.8 Å². The average molecular weight is 655 g/mol. The van der Waals surface area contributed by atoms with Gasteiger partial charge >= 0.3 is 11.9 Å². The minimum atomic E-state index is -0.744. The first-order chi connectivity index (χ1) is 22.6. The number of hydrogen-bond donors (Lipinski definition) is 3. The van der Waals surface area contributed by atoms with Crippen molar-refractivity contribution in [2.75, 3.05) is 13.2 Å². The maximum Gasteiger partial charge on any atom is 0.334 e. The second-order valence-corrected chi connectivity index (χ2v) is 17.3. The van der Waals surface area contributed by atoms with Gasteiger partial charge in [0.25, 0.3) is 0 Å². The SMILES string of the molecule is CC=C(C)C(=O)O[C@]1(C)CC2CCCCC2[C@@H](C2CCC(N)NC2)[C@@]12CC1CC3CC(C4(CCO)CCCCC4)C(=O)OC3CC1O2. The second-order valence-electron chi connectivity index (χ2n) is 17.3. The van der Waals surface area contributed by atoms with Gasteiger partial charge in [-0.25, -0.2) is 4.79 Å². The van der Waals surface area contributed by atoms with Crippen LogP contribution < -0.4 is 11.1 Å². The van der Waals surface area contributed by atoms with Crippen LogP contribution in [0, 0.1) is 46.8 Å². The van der Waals surface area contributed by atoms with Gasteiger partial charge in [-0.3, -0.25) is 4.79 Å². The number of carbonyl (C=O) groups excluding carboxylic acids is 2. The summed E-state index contributed by atoms with van der Waals surface area (Å²) in [4.78, 5) is 27.4. The zero-order valence-electron chi connectivity index (χ0n) is 29.4. The quantitative estimate of drug-likeness (QED) is 0.229. The van der Waals surface area contributed by atoms with E-state index in [1.54, 1.807) is 0 Å². The maximum absolute atomic E-state index is 13.8. The summed E-state index contributed by atoms with van der Waals surface area (Å²) in [5.74, 6) is 2.03. The predicted octanol–water partition coefficient (Wildman–Crippen LogP) is 6.18. The Labute approximate surface area is 282 Å². The van der Waals surface area contributed by atoms with E-state index >= 15 is 0 Å². The summed E-state index contributed by atoms with van der Waals surface area (Å²) in [5, 5.41) is 13.7. The van der Waals surface area contributed by atoms with Gasteiger partial charge in [-0.15, -0.1) is 0 Å². The molecule has 12 atom stereocenters. The van der Waals surface area contributed by atoms with Crippen LogP contribution in [0.5, 0.6) is 0 Å².